The molecule has 0 amide bonds. The van der Waals surface area contributed by atoms with E-state index in [1.54, 1.807) is 6.07 Å². The summed E-state index contributed by atoms with van der Waals surface area (Å²) in [5.41, 5.74) is 0.651. The first kappa shape index (κ1) is 16.6. The van der Waals surface area contributed by atoms with Gasteiger partial charge in [-0.2, -0.15) is 0 Å². The molecule has 0 bridgehead atoms. The van der Waals surface area contributed by atoms with Crippen LogP contribution in [-0.2, 0) is 11.3 Å². The molecule has 0 aromatic heterocycles. The van der Waals surface area contributed by atoms with Crippen molar-refractivity contribution in [3.63, 3.8) is 0 Å². The molecule has 0 saturated heterocycles. The van der Waals surface area contributed by atoms with E-state index in [-0.39, 0.29) is 17.2 Å². The normalized spacial score (nSPS) is 11.0. The number of carbonyl (C=O) groups excluding carboxylic acids is 1. The molecule has 0 radical (unpaired) electrons. The van der Waals surface area contributed by atoms with Gasteiger partial charge in [0, 0.05) is 5.56 Å². The fourth-order valence-corrected chi connectivity index (χ4v) is 3.33. The highest BCUT2D eigenvalue weighted by molar-refractivity contribution is 6.31. The first-order valence-corrected chi connectivity index (χ1v) is 8.53. The number of esters is 1. The second kappa shape index (κ2) is 6.77. The van der Waals surface area contributed by atoms with Crippen molar-refractivity contribution in [1.82, 2.24) is 0 Å². The lowest BCUT2D eigenvalue weighted by molar-refractivity contribution is 0.0474. The number of benzene rings is 4. The third kappa shape index (κ3) is 2.91. The van der Waals surface area contributed by atoms with Crippen LogP contribution in [0.25, 0.3) is 21.5 Å². The predicted molar refractivity (Wildman–Crippen MR) is 102 cm³/mol. The Balaban J connectivity index is 1.78. The highest BCUT2D eigenvalue weighted by Gasteiger charge is 2.17. The maximum atomic E-state index is 13.9. The Morgan fingerprint density at radius 2 is 1.50 bits per heavy atom. The summed E-state index contributed by atoms with van der Waals surface area (Å²) in [6.45, 7) is -0.220. The molecule has 4 rings (SSSR count). The summed E-state index contributed by atoms with van der Waals surface area (Å²) in [6, 6.07) is 21.7. The minimum atomic E-state index is -0.502. The van der Waals surface area contributed by atoms with E-state index in [2.05, 4.69) is 0 Å². The van der Waals surface area contributed by atoms with Crippen molar-refractivity contribution >= 4 is 39.1 Å². The smallest absolute Gasteiger partial charge is 0.339 e. The van der Waals surface area contributed by atoms with Gasteiger partial charge < -0.3 is 4.74 Å². The number of ether oxygens (including phenoxy) is 1. The second-order valence-corrected chi connectivity index (χ2v) is 6.38. The SMILES string of the molecule is O=C(OCc1c(F)cccc1Cl)c1c2ccccc2cc2ccccc12. The van der Waals surface area contributed by atoms with Crippen LogP contribution in [0, 0.1) is 5.82 Å². The maximum absolute atomic E-state index is 13.9. The van der Waals surface area contributed by atoms with Gasteiger partial charge in [0.05, 0.1) is 10.6 Å². The summed E-state index contributed by atoms with van der Waals surface area (Å²) < 4.78 is 19.4. The lowest BCUT2D eigenvalue weighted by Crippen LogP contribution is -2.08. The molecule has 0 aliphatic carbocycles. The summed E-state index contributed by atoms with van der Waals surface area (Å²) in [7, 11) is 0. The highest BCUT2D eigenvalue weighted by Crippen LogP contribution is 2.29. The number of carbonyl (C=O) groups is 1. The maximum Gasteiger partial charge on any atom is 0.339 e. The molecule has 0 heterocycles. The lowest BCUT2D eigenvalue weighted by Gasteiger charge is -2.12. The van der Waals surface area contributed by atoms with Crippen LogP contribution in [0.3, 0.4) is 0 Å². The van der Waals surface area contributed by atoms with Gasteiger partial charge in [0.25, 0.3) is 0 Å². The first-order valence-electron chi connectivity index (χ1n) is 8.15. The number of halogens is 2. The lowest BCUT2D eigenvalue weighted by atomic mass is 9.97. The molecule has 128 valence electrons. The van der Waals surface area contributed by atoms with Crippen molar-refractivity contribution in [2.45, 2.75) is 6.61 Å². The van der Waals surface area contributed by atoms with Crippen LogP contribution in [0.5, 0.6) is 0 Å². The van der Waals surface area contributed by atoms with Gasteiger partial charge in [-0.1, -0.05) is 66.2 Å². The van der Waals surface area contributed by atoms with Crippen molar-refractivity contribution in [1.29, 1.82) is 0 Å². The predicted octanol–water partition coefficient (Wildman–Crippen LogP) is 6.14. The molecular weight excluding hydrogens is 351 g/mol. The van der Waals surface area contributed by atoms with Gasteiger partial charge in [-0.25, -0.2) is 9.18 Å². The summed E-state index contributed by atoms with van der Waals surface area (Å²) in [4.78, 5) is 12.9. The van der Waals surface area contributed by atoms with E-state index in [1.807, 2.05) is 54.6 Å². The number of rotatable bonds is 3. The molecule has 0 spiro atoms. The average molecular weight is 365 g/mol. The van der Waals surface area contributed by atoms with E-state index in [1.165, 1.54) is 12.1 Å². The Kier molecular flexibility index (Phi) is 4.31. The average Bonchev–Trinajstić information content (AvgIpc) is 2.65. The largest absolute Gasteiger partial charge is 0.457 e. The molecule has 0 N–H and O–H groups in total. The van der Waals surface area contributed by atoms with Gasteiger partial charge in [0.2, 0.25) is 0 Å². The van der Waals surface area contributed by atoms with E-state index in [9.17, 15) is 9.18 Å². The van der Waals surface area contributed by atoms with E-state index in [0.29, 0.717) is 5.56 Å². The van der Waals surface area contributed by atoms with Crippen molar-refractivity contribution in [2.24, 2.45) is 0 Å². The standard InChI is InChI=1S/C22H14ClFO2/c23-19-10-5-11-20(24)18(19)13-26-22(25)21-16-8-3-1-6-14(16)12-15-7-2-4-9-17(15)21/h1-12H,13H2. The fraction of sp³-hybridized carbons (Fsp3) is 0.0455. The quantitative estimate of drug-likeness (QED) is 0.322. The van der Waals surface area contributed by atoms with Crippen LogP contribution < -0.4 is 0 Å². The van der Waals surface area contributed by atoms with Crippen LogP contribution >= 0.6 is 11.6 Å². The van der Waals surface area contributed by atoms with Crippen molar-refractivity contribution in [3.8, 4) is 0 Å². The Morgan fingerprint density at radius 3 is 2.12 bits per heavy atom. The van der Waals surface area contributed by atoms with E-state index < -0.39 is 11.8 Å². The molecule has 0 aliphatic heterocycles. The van der Waals surface area contributed by atoms with Gasteiger partial charge in [-0.15, -0.1) is 0 Å². The Morgan fingerprint density at radius 1 is 0.885 bits per heavy atom. The molecule has 0 atom stereocenters. The Bertz CT molecular complexity index is 1060. The molecule has 26 heavy (non-hydrogen) atoms. The second-order valence-electron chi connectivity index (χ2n) is 5.97. The molecule has 0 aliphatic rings. The van der Waals surface area contributed by atoms with Crippen LogP contribution in [0.2, 0.25) is 5.02 Å². The van der Waals surface area contributed by atoms with Crippen molar-refractivity contribution < 1.29 is 13.9 Å². The minimum absolute atomic E-state index is 0.173. The molecule has 4 heteroatoms. The van der Waals surface area contributed by atoms with Crippen molar-refractivity contribution in [3.05, 3.63) is 94.8 Å². The minimum Gasteiger partial charge on any atom is -0.457 e. The van der Waals surface area contributed by atoms with E-state index in [4.69, 9.17) is 16.3 Å². The fourth-order valence-electron chi connectivity index (χ4n) is 3.11. The van der Waals surface area contributed by atoms with Crippen LogP contribution in [-0.4, -0.2) is 5.97 Å². The zero-order chi connectivity index (χ0) is 18.1. The molecule has 4 aromatic carbocycles. The summed E-state index contributed by atoms with van der Waals surface area (Å²) in [5, 5.41) is 3.73. The summed E-state index contributed by atoms with van der Waals surface area (Å²) >= 11 is 6.02. The Labute approximate surface area is 154 Å². The summed E-state index contributed by atoms with van der Waals surface area (Å²) in [6.07, 6.45) is 0. The van der Waals surface area contributed by atoms with Gasteiger partial charge in [0.15, 0.2) is 0 Å². The zero-order valence-electron chi connectivity index (χ0n) is 13.7. The van der Waals surface area contributed by atoms with Crippen LogP contribution in [0.15, 0.2) is 72.8 Å². The van der Waals surface area contributed by atoms with Gasteiger partial charge in [0.1, 0.15) is 12.4 Å². The number of hydrogen-bond donors (Lipinski definition) is 0. The summed E-state index contributed by atoms with van der Waals surface area (Å²) in [5.74, 6) is -0.995. The molecule has 2 nitrogen and oxygen atoms in total. The van der Waals surface area contributed by atoms with Crippen LogP contribution in [0.4, 0.5) is 4.39 Å². The van der Waals surface area contributed by atoms with E-state index >= 15 is 0 Å². The molecular formula is C22H14ClFO2. The third-order valence-electron chi connectivity index (χ3n) is 4.38. The zero-order valence-corrected chi connectivity index (χ0v) is 14.5. The highest BCUT2D eigenvalue weighted by atomic mass is 35.5. The monoisotopic (exact) mass is 364 g/mol. The molecule has 0 unspecified atom stereocenters. The number of hydrogen-bond acceptors (Lipinski definition) is 2. The Hall–Kier alpha value is -2.91. The van der Waals surface area contributed by atoms with Gasteiger partial charge in [-0.05, 0) is 39.7 Å². The van der Waals surface area contributed by atoms with Crippen LogP contribution in [0.1, 0.15) is 15.9 Å². The topological polar surface area (TPSA) is 26.3 Å². The first-order chi connectivity index (χ1) is 12.6. The molecule has 0 fully saturated rings. The van der Waals surface area contributed by atoms with Gasteiger partial charge >= 0.3 is 5.97 Å². The van der Waals surface area contributed by atoms with Gasteiger partial charge in [-0.3, -0.25) is 0 Å². The third-order valence-corrected chi connectivity index (χ3v) is 4.74. The molecule has 0 saturated carbocycles. The van der Waals surface area contributed by atoms with Crippen molar-refractivity contribution in [2.75, 3.05) is 0 Å². The van der Waals surface area contributed by atoms with E-state index in [0.717, 1.165) is 21.5 Å². The molecule has 4 aromatic rings. The number of fused-ring (bicyclic) bond motifs is 2.